The minimum Gasteiger partial charge on any atom is -0.488 e. The second-order valence-electron chi connectivity index (χ2n) is 29.9. The van der Waals surface area contributed by atoms with E-state index in [1.54, 1.807) is 77.6 Å². The Hall–Kier alpha value is -6.49. The number of nitrogens with one attached hydrogen (secondary N) is 7. The van der Waals surface area contributed by atoms with Crippen LogP contribution >= 0.6 is 21.6 Å². The maximum atomic E-state index is 15.4. The average molecular weight is 1440 g/mol. The predicted molar refractivity (Wildman–Crippen MR) is 386 cm³/mol. The van der Waals surface area contributed by atoms with Crippen LogP contribution in [0.4, 0.5) is 0 Å². The normalized spacial score (nSPS) is 22.2. The van der Waals surface area contributed by atoms with Gasteiger partial charge in [-0.15, -0.1) is 0 Å². The van der Waals surface area contributed by atoms with Gasteiger partial charge in [0, 0.05) is 95.6 Å². The number of aryl methyl sites for hydroxylation is 1. The molecule has 2 aromatic carbocycles. The van der Waals surface area contributed by atoms with Crippen molar-refractivity contribution in [3.05, 3.63) is 65.2 Å². The van der Waals surface area contributed by atoms with Crippen molar-refractivity contribution in [2.24, 2.45) is 23.7 Å². The van der Waals surface area contributed by atoms with Crippen molar-refractivity contribution in [1.82, 2.24) is 47.0 Å². The molecule has 100 heavy (non-hydrogen) atoms. The lowest BCUT2D eigenvalue weighted by Gasteiger charge is -2.34. The number of ether oxygens (including phenoxy) is 3. The molecule has 7 amide bonds. The number of carbonyl (C=O) groups excluding carboxylic acids is 11. The summed E-state index contributed by atoms with van der Waals surface area (Å²) in [6.07, 6.45) is -5.12. The van der Waals surface area contributed by atoms with Crippen LogP contribution in [0.25, 0.3) is 0 Å². The van der Waals surface area contributed by atoms with Gasteiger partial charge in [-0.05, 0) is 151 Å². The van der Waals surface area contributed by atoms with Gasteiger partial charge in [-0.1, -0.05) is 77.4 Å². The van der Waals surface area contributed by atoms with Crippen LogP contribution in [0.15, 0.2) is 48.5 Å². The van der Waals surface area contributed by atoms with Gasteiger partial charge in [0.1, 0.15) is 35.3 Å². The number of rotatable bonds is 26. The second-order valence-corrected chi connectivity index (χ2v) is 32.5. The van der Waals surface area contributed by atoms with Crippen LogP contribution in [0.3, 0.4) is 0 Å². The smallest absolute Gasteiger partial charge is 0.308 e. The first-order valence-electron chi connectivity index (χ1n) is 35.0. The van der Waals surface area contributed by atoms with Crippen molar-refractivity contribution in [3.63, 3.8) is 0 Å². The Morgan fingerprint density at radius 1 is 0.700 bits per heavy atom. The summed E-state index contributed by atoms with van der Waals surface area (Å²) >= 11 is 0. The van der Waals surface area contributed by atoms with Crippen LogP contribution in [0.5, 0.6) is 5.75 Å². The Labute approximate surface area is 599 Å². The minimum atomic E-state index is -1.61. The highest BCUT2D eigenvalue weighted by Gasteiger charge is 2.42. The molecule has 560 valence electrons. The second kappa shape index (κ2) is 41.0. The summed E-state index contributed by atoms with van der Waals surface area (Å²) in [5.41, 5.74) is -0.119. The minimum absolute atomic E-state index is 0.00783. The summed E-state index contributed by atoms with van der Waals surface area (Å²) in [5, 5.41) is 43.7. The van der Waals surface area contributed by atoms with Crippen molar-refractivity contribution < 1.29 is 77.2 Å². The number of likely N-dealkylation sites (tertiary alicyclic amines) is 1. The molecule has 4 rings (SSSR count). The Morgan fingerprint density at radius 2 is 1.28 bits per heavy atom. The van der Waals surface area contributed by atoms with E-state index in [4.69, 9.17) is 14.2 Å². The fourth-order valence-electron chi connectivity index (χ4n) is 12.0. The molecule has 0 bridgehead atoms. The lowest BCUT2D eigenvalue weighted by atomic mass is 9.89. The van der Waals surface area contributed by atoms with E-state index < -0.39 is 149 Å². The Balaban J connectivity index is 1.86. The van der Waals surface area contributed by atoms with Gasteiger partial charge in [0.25, 0.3) is 0 Å². The van der Waals surface area contributed by atoms with E-state index in [9.17, 15) is 48.6 Å². The highest BCUT2D eigenvalue weighted by Crippen LogP contribution is 2.33. The fraction of sp³-hybridized carbons (Fsp3) is 0.685. The quantitative estimate of drug-likeness (QED) is 0.0330. The Bertz CT molecular complexity index is 3020. The van der Waals surface area contributed by atoms with E-state index in [1.165, 1.54) is 47.4 Å². The molecule has 2 fully saturated rings. The molecule has 0 aliphatic carbocycles. The molecule has 2 aromatic rings. The number of aliphatic hydroxyl groups is 2. The van der Waals surface area contributed by atoms with Gasteiger partial charge in [0.2, 0.25) is 41.4 Å². The highest BCUT2D eigenvalue weighted by atomic mass is 33.1. The zero-order valence-corrected chi connectivity index (χ0v) is 63.4. The standard InChI is InChI=1S/C73H115N9O16S2/c1-44(2)34-57(77-64(90)41-81(32-29-75-47(5)83)33-30-76-48(6)84)70(95)82-31-17-18-58(82)61(87)38-53-43-100-99-42-52(67(92)74-16)39-62(88)66(46(4)96-71(7,8)9)80-63(89)28-27-59(85)55(36-50-21-19-45(3)20-22-50)78-68(93)51(35-49-23-25-54(26-24-49)97-72(10,11)12)37-60(86)56(79-69(53)94)40-65(91)98-73(13,14)15/h19-26,44,46,51-53,55-58,61,66-67,74,87,92H,17-18,27-43H2,1-16H3,(H,75,83)(H,76,84)(H,77,90)(H,78,93)(H,79,94)(H,80,89)/t46?,51-,52+,53+,55+,56+,57+,58+,61-,66+,67-/m1/s1. The molecular formula is C73H115N9O16S2. The zero-order chi connectivity index (χ0) is 74.8. The van der Waals surface area contributed by atoms with E-state index in [2.05, 4.69) is 37.2 Å². The maximum absolute atomic E-state index is 15.4. The first kappa shape index (κ1) is 85.9. The lowest BCUT2D eigenvalue weighted by molar-refractivity contribution is -0.156. The Kier molecular flexibility index (Phi) is 35.2. The van der Waals surface area contributed by atoms with E-state index >= 15 is 14.4 Å². The summed E-state index contributed by atoms with van der Waals surface area (Å²) in [6, 6.07) is 8.33. The molecule has 2 heterocycles. The molecule has 9 N–H and O–H groups in total. The first-order valence-corrected chi connectivity index (χ1v) is 37.5. The lowest BCUT2D eigenvalue weighted by Crippen LogP contribution is -2.55. The van der Waals surface area contributed by atoms with E-state index in [1.807, 2.05) is 65.8 Å². The molecule has 2 aliphatic rings. The van der Waals surface area contributed by atoms with E-state index in [0.717, 1.165) is 5.56 Å². The van der Waals surface area contributed by atoms with Gasteiger partial charge in [-0.3, -0.25) is 63.0 Å². The highest BCUT2D eigenvalue weighted by molar-refractivity contribution is 8.76. The number of Topliss-reactive ketones (excluding diaryl/α,β-unsaturated/α-hetero) is 3. The molecule has 27 heteroatoms. The zero-order valence-electron chi connectivity index (χ0n) is 61.8. The molecule has 0 aromatic heterocycles. The van der Waals surface area contributed by atoms with Crippen molar-refractivity contribution in [1.29, 1.82) is 0 Å². The number of ketones is 3. The largest absolute Gasteiger partial charge is 0.488 e. The van der Waals surface area contributed by atoms with Gasteiger partial charge >= 0.3 is 5.97 Å². The molecule has 1 unspecified atom stereocenters. The molecular weight excluding hydrogens is 1320 g/mol. The van der Waals surface area contributed by atoms with E-state index in [-0.39, 0.29) is 113 Å². The van der Waals surface area contributed by atoms with Crippen LogP contribution < -0.4 is 42.0 Å². The van der Waals surface area contributed by atoms with Crippen molar-refractivity contribution in [2.45, 2.75) is 240 Å². The maximum Gasteiger partial charge on any atom is 0.308 e. The SMILES string of the molecule is CN[C@H](O)[C@@H]1CSSC[C@H](C[C@@H](O)[C@@H]2CCCN2C(=O)[C@H](CC(C)C)NC(=O)CN(CCNC(C)=O)CCNC(C)=O)C(=O)N[C@@H](CC(=O)OC(C)(C)C)C(=O)C[C@@H](Cc2ccc(OC(C)(C)C)cc2)C(=O)N[C@@H](Cc2ccc(C)cc2)C(=O)CCC(=O)N[C@@H](C(C)OC(C)(C)C)C(=O)C1. The van der Waals surface area contributed by atoms with Gasteiger partial charge in [0.15, 0.2) is 17.3 Å². The van der Waals surface area contributed by atoms with Gasteiger partial charge in [-0.25, -0.2) is 0 Å². The van der Waals surface area contributed by atoms with Crippen LogP contribution in [0.1, 0.15) is 171 Å². The van der Waals surface area contributed by atoms with Crippen molar-refractivity contribution >= 4 is 86.3 Å². The number of carbonyl (C=O) groups is 11. The summed E-state index contributed by atoms with van der Waals surface area (Å²) in [5.74, 6) is -8.84. The number of aliphatic hydroxyl groups excluding tert-OH is 2. The van der Waals surface area contributed by atoms with Gasteiger partial charge in [-0.2, -0.15) is 0 Å². The topological polar surface area (TPSA) is 347 Å². The summed E-state index contributed by atoms with van der Waals surface area (Å²) < 4.78 is 18.1. The Morgan fingerprint density at radius 3 is 1.85 bits per heavy atom. The van der Waals surface area contributed by atoms with Crippen molar-refractivity contribution in [2.75, 3.05) is 57.8 Å². The predicted octanol–water partition coefficient (Wildman–Crippen LogP) is 5.24. The van der Waals surface area contributed by atoms with Crippen LogP contribution in [0.2, 0.25) is 0 Å². The molecule has 25 nitrogen and oxygen atoms in total. The summed E-state index contributed by atoms with van der Waals surface area (Å²) in [7, 11) is 3.92. The molecule has 0 spiro atoms. The average Bonchev–Trinajstić information content (AvgIpc) is 1.54. The number of esters is 1. The van der Waals surface area contributed by atoms with Crippen LogP contribution in [-0.2, 0) is 75.1 Å². The molecule has 2 saturated heterocycles. The van der Waals surface area contributed by atoms with E-state index in [0.29, 0.717) is 29.7 Å². The third kappa shape index (κ3) is 32.2. The van der Waals surface area contributed by atoms with Crippen molar-refractivity contribution in [3.8, 4) is 5.75 Å². The van der Waals surface area contributed by atoms with Gasteiger partial charge < -0.3 is 61.2 Å². The van der Waals surface area contributed by atoms with Gasteiger partial charge in [0.05, 0.1) is 54.8 Å². The molecule has 2 aliphatic heterocycles. The van der Waals surface area contributed by atoms with Crippen LogP contribution in [0, 0.1) is 30.6 Å². The third-order valence-electron chi connectivity index (χ3n) is 16.8. The molecule has 0 radical (unpaired) electrons. The molecule has 11 atom stereocenters. The number of nitrogens with zero attached hydrogens (tertiary/aromatic N) is 2. The fourth-order valence-corrected chi connectivity index (χ4v) is 14.7. The number of hydrogen-bond acceptors (Lipinski definition) is 20. The monoisotopic (exact) mass is 1440 g/mol. The number of amides is 7. The number of benzene rings is 2. The summed E-state index contributed by atoms with van der Waals surface area (Å²) in [4.78, 5) is 159. The first-order chi connectivity index (χ1) is 46.7. The van der Waals surface area contributed by atoms with Crippen LogP contribution in [-0.4, -0.2) is 208 Å². The third-order valence-corrected chi connectivity index (χ3v) is 19.3. The molecule has 0 saturated carbocycles. The number of hydrogen-bond donors (Lipinski definition) is 9. The summed E-state index contributed by atoms with van der Waals surface area (Å²) in [6.45, 7) is 27.2.